The highest BCUT2D eigenvalue weighted by atomic mass is 19.1. The molecule has 2 rings (SSSR count). The molecule has 0 aliphatic rings. The SMILES string of the molecule is CC(C)CNC(=O)[C@@H](C)N(Cc1ccccc1)C(=O)COc1ccc(F)cc1. The van der Waals surface area contributed by atoms with Crippen LogP contribution in [0.5, 0.6) is 5.75 Å². The van der Waals surface area contributed by atoms with E-state index in [1.165, 1.54) is 29.2 Å². The fourth-order valence-corrected chi connectivity index (χ4v) is 2.57. The van der Waals surface area contributed by atoms with Crippen molar-refractivity contribution in [2.24, 2.45) is 5.92 Å². The Kier molecular flexibility index (Phi) is 7.99. The number of hydrogen-bond acceptors (Lipinski definition) is 3. The lowest BCUT2D eigenvalue weighted by molar-refractivity contribution is -0.142. The van der Waals surface area contributed by atoms with Crippen LogP contribution in [0.4, 0.5) is 4.39 Å². The smallest absolute Gasteiger partial charge is 0.261 e. The predicted octanol–water partition coefficient (Wildman–Crippen LogP) is 3.39. The highest BCUT2D eigenvalue weighted by molar-refractivity contribution is 5.87. The molecule has 1 N–H and O–H groups in total. The van der Waals surface area contributed by atoms with Crippen LogP contribution < -0.4 is 10.1 Å². The van der Waals surface area contributed by atoms with E-state index >= 15 is 0 Å². The third-order valence-corrected chi connectivity index (χ3v) is 4.22. The van der Waals surface area contributed by atoms with Crippen molar-refractivity contribution in [3.8, 4) is 5.75 Å². The number of amides is 2. The summed E-state index contributed by atoms with van der Waals surface area (Å²) in [4.78, 5) is 26.8. The molecule has 0 fully saturated rings. The number of ether oxygens (including phenoxy) is 1. The van der Waals surface area contributed by atoms with Gasteiger partial charge in [-0.25, -0.2) is 4.39 Å². The Bertz CT molecular complexity index is 763. The van der Waals surface area contributed by atoms with Gasteiger partial charge in [-0.15, -0.1) is 0 Å². The second kappa shape index (κ2) is 10.4. The summed E-state index contributed by atoms with van der Waals surface area (Å²) in [5.41, 5.74) is 0.918. The molecule has 2 aromatic carbocycles. The molecule has 2 aromatic rings. The van der Waals surface area contributed by atoms with Crippen LogP contribution in [-0.4, -0.2) is 35.9 Å². The molecule has 0 spiro atoms. The summed E-state index contributed by atoms with van der Waals surface area (Å²) in [7, 11) is 0. The van der Waals surface area contributed by atoms with E-state index in [2.05, 4.69) is 5.32 Å². The van der Waals surface area contributed by atoms with E-state index in [9.17, 15) is 14.0 Å². The van der Waals surface area contributed by atoms with Gasteiger partial charge in [0.1, 0.15) is 17.6 Å². The van der Waals surface area contributed by atoms with Crippen LogP contribution in [0, 0.1) is 11.7 Å². The third-order valence-electron chi connectivity index (χ3n) is 4.22. The van der Waals surface area contributed by atoms with Gasteiger partial charge in [0.25, 0.3) is 5.91 Å². The zero-order chi connectivity index (χ0) is 20.5. The number of carbonyl (C=O) groups is 2. The Hall–Kier alpha value is -2.89. The average Bonchev–Trinajstić information content (AvgIpc) is 2.69. The van der Waals surface area contributed by atoms with Gasteiger partial charge >= 0.3 is 0 Å². The van der Waals surface area contributed by atoms with Gasteiger partial charge in [-0.3, -0.25) is 9.59 Å². The van der Waals surface area contributed by atoms with E-state index in [-0.39, 0.29) is 24.2 Å². The first kappa shape index (κ1) is 21.4. The van der Waals surface area contributed by atoms with E-state index in [1.54, 1.807) is 6.92 Å². The molecule has 6 heteroatoms. The number of rotatable bonds is 9. The van der Waals surface area contributed by atoms with Crippen molar-refractivity contribution in [1.29, 1.82) is 0 Å². The Morgan fingerprint density at radius 1 is 1.04 bits per heavy atom. The number of halogens is 1. The molecule has 1 atom stereocenters. The van der Waals surface area contributed by atoms with Gasteiger partial charge in [0.05, 0.1) is 0 Å². The largest absolute Gasteiger partial charge is 0.484 e. The number of nitrogens with one attached hydrogen (secondary N) is 1. The van der Waals surface area contributed by atoms with Crippen molar-refractivity contribution in [3.05, 3.63) is 66.0 Å². The molecular formula is C22H27FN2O3. The molecule has 0 unspecified atom stereocenters. The third kappa shape index (κ3) is 6.68. The number of nitrogens with zero attached hydrogens (tertiary/aromatic N) is 1. The minimum absolute atomic E-state index is 0.209. The predicted molar refractivity (Wildman–Crippen MR) is 106 cm³/mol. The summed E-state index contributed by atoms with van der Waals surface area (Å²) >= 11 is 0. The first-order valence-electron chi connectivity index (χ1n) is 9.36. The van der Waals surface area contributed by atoms with Crippen molar-refractivity contribution in [3.63, 3.8) is 0 Å². The molecular weight excluding hydrogens is 359 g/mol. The van der Waals surface area contributed by atoms with Gasteiger partial charge in [0.2, 0.25) is 5.91 Å². The second-order valence-corrected chi connectivity index (χ2v) is 7.06. The molecule has 0 aromatic heterocycles. The van der Waals surface area contributed by atoms with Crippen LogP contribution in [-0.2, 0) is 16.1 Å². The Morgan fingerprint density at radius 3 is 2.29 bits per heavy atom. The first-order chi connectivity index (χ1) is 13.4. The minimum Gasteiger partial charge on any atom is -0.484 e. The maximum Gasteiger partial charge on any atom is 0.261 e. The molecule has 0 heterocycles. The zero-order valence-corrected chi connectivity index (χ0v) is 16.5. The van der Waals surface area contributed by atoms with E-state index < -0.39 is 6.04 Å². The standard InChI is InChI=1S/C22H27FN2O3/c1-16(2)13-24-22(27)17(3)25(14-18-7-5-4-6-8-18)21(26)15-28-20-11-9-19(23)10-12-20/h4-12,16-17H,13-15H2,1-3H3,(H,24,27)/t17-/m1/s1. The summed E-state index contributed by atoms with van der Waals surface area (Å²) < 4.78 is 18.5. The Labute approximate surface area is 165 Å². The zero-order valence-electron chi connectivity index (χ0n) is 16.5. The number of benzene rings is 2. The van der Waals surface area contributed by atoms with E-state index in [4.69, 9.17) is 4.74 Å². The lowest BCUT2D eigenvalue weighted by Crippen LogP contribution is -2.49. The maximum atomic E-state index is 13.0. The Balaban J connectivity index is 2.08. The van der Waals surface area contributed by atoms with Gasteiger partial charge in [-0.1, -0.05) is 44.2 Å². The molecule has 150 valence electrons. The molecule has 0 aliphatic heterocycles. The second-order valence-electron chi connectivity index (χ2n) is 7.06. The van der Waals surface area contributed by atoms with Gasteiger partial charge in [0, 0.05) is 13.1 Å². The lowest BCUT2D eigenvalue weighted by atomic mass is 10.1. The highest BCUT2D eigenvalue weighted by Gasteiger charge is 2.26. The van der Waals surface area contributed by atoms with Crippen molar-refractivity contribution in [1.82, 2.24) is 10.2 Å². The number of hydrogen-bond donors (Lipinski definition) is 1. The van der Waals surface area contributed by atoms with Crippen LogP contribution in [0.1, 0.15) is 26.3 Å². The van der Waals surface area contributed by atoms with Crippen LogP contribution >= 0.6 is 0 Å². The van der Waals surface area contributed by atoms with E-state index in [0.29, 0.717) is 24.8 Å². The molecule has 0 radical (unpaired) electrons. The van der Waals surface area contributed by atoms with Crippen LogP contribution in [0.15, 0.2) is 54.6 Å². The topological polar surface area (TPSA) is 58.6 Å². The van der Waals surface area contributed by atoms with Crippen LogP contribution in [0.25, 0.3) is 0 Å². The number of carbonyl (C=O) groups excluding carboxylic acids is 2. The molecule has 0 bridgehead atoms. The average molecular weight is 386 g/mol. The minimum atomic E-state index is -0.650. The summed E-state index contributed by atoms with van der Waals surface area (Å²) in [5, 5.41) is 2.87. The Morgan fingerprint density at radius 2 is 1.68 bits per heavy atom. The fraction of sp³-hybridized carbons (Fsp3) is 0.364. The summed E-state index contributed by atoms with van der Waals surface area (Å²) in [5.74, 6) is -0.192. The summed E-state index contributed by atoms with van der Waals surface area (Å²) in [6.07, 6.45) is 0. The monoisotopic (exact) mass is 386 g/mol. The van der Waals surface area contributed by atoms with E-state index in [1.807, 2.05) is 44.2 Å². The highest BCUT2D eigenvalue weighted by Crippen LogP contribution is 2.13. The first-order valence-corrected chi connectivity index (χ1v) is 9.36. The van der Waals surface area contributed by atoms with Crippen molar-refractivity contribution >= 4 is 11.8 Å². The van der Waals surface area contributed by atoms with Crippen LogP contribution in [0.2, 0.25) is 0 Å². The molecule has 0 aliphatic carbocycles. The lowest BCUT2D eigenvalue weighted by Gasteiger charge is -2.29. The van der Waals surface area contributed by atoms with Gasteiger partial charge in [-0.2, -0.15) is 0 Å². The quantitative estimate of drug-likeness (QED) is 0.719. The molecule has 5 nitrogen and oxygen atoms in total. The molecule has 0 saturated heterocycles. The summed E-state index contributed by atoms with van der Waals surface area (Å²) in [6, 6.07) is 14.3. The summed E-state index contributed by atoms with van der Waals surface area (Å²) in [6.45, 7) is 6.32. The normalized spacial score (nSPS) is 11.8. The van der Waals surface area contributed by atoms with Crippen molar-refractivity contribution < 1.29 is 18.7 Å². The van der Waals surface area contributed by atoms with Gasteiger partial charge < -0.3 is 15.0 Å². The fourth-order valence-electron chi connectivity index (χ4n) is 2.57. The van der Waals surface area contributed by atoms with E-state index in [0.717, 1.165) is 5.56 Å². The van der Waals surface area contributed by atoms with Crippen molar-refractivity contribution in [2.45, 2.75) is 33.4 Å². The van der Waals surface area contributed by atoms with Gasteiger partial charge in [0.15, 0.2) is 6.61 Å². The molecule has 2 amide bonds. The van der Waals surface area contributed by atoms with Crippen LogP contribution in [0.3, 0.4) is 0 Å². The molecule has 28 heavy (non-hydrogen) atoms. The van der Waals surface area contributed by atoms with Gasteiger partial charge in [-0.05, 0) is 42.7 Å². The molecule has 0 saturated carbocycles. The maximum absolute atomic E-state index is 13.0. The van der Waals surface area contributed by atoms with Crippen molar-refractivity contribution in [2.75, 3.05) is 13.2 Å².